The number of carbonyl (C=O) groups excluding carboxylic acids is 2. The highest BCUT2D eigenvalue weighted by atomic mass is 17.2. The van der Waals surface area contributed by atoms with E-state index in [9.17, 15) is 9.59 Å². The van der Waals surface area contributed by atoms with E-state index in [2.05, 4.69) is 16.7 Å². The lowest BCUT2D eigenvalue weighted by Gasteiger charge is -2.02. The largest absolute Gasteiger partial charge is 0.368 e. The highest BCUT2D eigenvalue weighted by molar-refractivity contribution is 5.73. The summed E-state index contributed by atoms with van der Waals surface area (Å²) in [5.74, 6) is -1.25. The summed E-state index contributed by atoms with van der Waals surface area (Å²) < 4.78 is 0. The van der Waals surface area contributed by atoms with Gasteiger partial charge >= 0.3 is 11.9 Å². The molecule has 0 aromatic rings. The normalized spacial score (nSPS) is 10.2. The first-order chi connectivity index (χ1) is 9.20. The van der Waals surface area contributed by atoms with Crippen molar-refractivity contribution < 1.29 is 19.4 Å². The van der Waals surface area contributed by atoms with E-state index in [1.54, 1.807) is 0 Å². The molecule has 0 atom stereocenters. The fraction of sp³-hybridized carbons (Fsp3) is 0.857. The van der Waals surface area contributed by atoms with Gasteiger partial charge in [0.2, 0.25) is 0 Å². The molecule has 0 aliphatic rings. The number of unbranched alkanes of at least 4 members (excludes halogenated alkanes) is 8. The zero-order valence-electron chi connectivity index (χ0n) is 12.0. The predicted molar refractivity (Wildman–Crippen MR) is 73.1 cm³/mol. The Bertz CT molecular complexity index is 244. The fourth-order valence-corrected chi connectivity index (χ4v) is 1.75. The van der Waals surface area contributed by atoms with Crippen LogP contribution in [-0.2, 0) is 19.4 Å². The van der Waals surface area contributed by atoms with E-state index < -0.39 is 11.9 Å². The van der Waals surface area contributed by atoms with Gasteiger partial charge in [-0.25, -0.2) is 19.4 Å². The molecule has 0 aromatic carbocycles. The topological polar surface area (TPSA) is 78.6 Å². The van der Waals surface area contributed by atoms with Crippen LogP contribution in [0, 0.1) is 0 Å². The van der Waals surface area contributed by atoms with Gasteiger partial charge in [-0.1, -0.05) is 58.3 Å². The summed E-state index contributed by atoms with van der Waals surface area (Å²) in [6, 6.07) is 0. The smallest absolute Gasteiger partial charge is 0.321 e. The Morgan fingerprint density at radius 1 is 0.789 bits per heavy atom. The molecular formula is C14H27NO4. The first-order valence-corrected chi connectivity index (χ1v) is 7.31. The van der Waals surface area contributed by atoms with Crippen LogP contribution >= 0.6 is 0 Å². The molecule has 0 bridgehead atoms. The van der Waals surface area contributed by atoms with Crippen LogP contribution in [-0.4, -0.2) is 18.5 Å². The molecule has 5 nitrogen and oxygen atoms in total. The van der Waals surface area contributed by atoms with Crippen molar-refractivity contribution in [2.45, 2.75) is 71.1 Å². The predicted octanol–water partition coefficient (Wildman–Crippen LogP) is 2.87. The minimum absolute atomic E-state index is 0.285. The second-order valence-electron chi connectivity index (χ2n) is 4.69. The lowest BCUT2D eigenvalue weighted by atomic mass is 10.1. The molecule has 0 saturated heterocycles. The van der Waals surface area contributed by atoms with E-state index in [0.29, 0.717) is 0 Å². The zero-order valence-corrected chi connectivity index (χ0v) is 12.0. The molecule has 0 aliphatic carbocycles. The first-order valence-electron chi connectivity index (χ1n) is 7.31. The van der Waals surface area contributed by atoms with E-state index >= 15 is 0 Å². The van der Waals surface area contributed by atoms with Gasteiger partial charge in [0.1, 0.15) is 0 Å². The molecule has 0 spiro atoms. The molecule has 0 rings (SSSR count). The molecule has 0 fully saturated rings. The van der Waals surface area contributed by atoms with Crippen molar-refractivity contribution in [1.29, 1.82) is 0 Å². The van der Waals surface area contributed by atoms with Crippen LogP contribution in [0.2, 0.25) is 0 Å². The Balaban J connectivity index is 3.21. The molecule has 0 unspecified atom stereocenters. The van der Waals surface area contributed by atoms with Gasteiger partial charge in [-0.15, -0.1) is 0 Å². The average Bonchev–Trinajstić information content (AvgIpc) is 2.42. The molecule has 19 heavy (non-hydrogen) atoms. The summed E-state index contributed by atoms with van der Waals surface area (Å²) in [6.45, 7) is 1.93. The summed E-state index contributed by atoms with van der Waals surface area (Å²) in [6.07, 6.45) is 10.9. The fourth-order valence-electron chi connectivity index (χ4n) is 1.75. The molecule has 0 amide bonds. The van der Waals surface area contributed by atoms with Crippen molar-refractivity contribution in [3.63, 3.8) is 0 Å². The number of hydrogen-bond donors (Lipinski definition) is 1. The van der Waals surface area contributed by atoms with Gasteiger partial charge < -0.3 is 5.73 Å². The van der Waals surface area contributed by atoms with E-state index in [-0.39, 0.29) is 13.0 Å². The molecule has 112 valence electrons. The molecule has 0 radical (unpaired) electrons. The van der Waals surface area contributed by atoms with Crippen molar-refractivity contribution in [2.24, 2.45) is 5.73 Å². The monoisotopic (exact) mass is 273 g/mol. The summed E-state index contributed by atoms with van der Waals surface area (Å²) >= 11 is 0. The van der Waals surface area contributed by atoms with Crippen molar-refractivity contribution in [3.05, 3.63) is 0 Å². The minimum atomic E-state index is -0.736. The molecular weight excluding hydrogens is 246 g/mol. The van der Waals surface area contributed by atoms with E-state index in [4.69, 9.17) is 5.73 Å². The lowest BCUT2D eigenvalue weighted by Crippen LogP contribution is -2.19. The lowest BCUT2D eigenvalue weighted by molar-refractivity contribution is -0.257. The van der Waals surface area contributed by atoms with Gasteiger partial charge in [-0.05, 0) is 6.42 Å². The van der Waals surface area contributed by atoms with E-state index in [0.717, 1.165) is 19.3 Å². The standard InChI is InChI=1S/C14H27NO4/c1-2-3-4-5-6-7-8-9-10-11-13(16)18-19-14(17)12-15/h2-12,15H2,1H3. The molecule has 5 heteroatoms. The number of hydrogen-bond acceptors (Lipinski definition) is 5. The van der Waals surface area contributed by atoms with Gasteiger partial charge in [0, 0.05) is 0 Å². The maximum absolute atomic E-state index is 11.1. The van der Waals surface area contributed by atoms with Crippen LogP contribution in [0.25, 0.3) is 0 Å². The Morgan fingerprint density at radius 2 is 1.26 bits per heavy atom. The van der Waals surface area contributed by atoms with Crippen LogP contribution in [0.1, 0.15) is 71.1 Å². The Hall–Kier alpha value is -1.10. The molecule has 0 saturated carbocycles. The number of carbonyl (C=O) groups is 2. The third kappa shape index (κ3) is 13.1. The number of nitrogens with two attached hydrogens (primary N) is 1. The molecule has 0 heterocycles. The SMILES string of the molecule is CCCCCCCCCCCC(=O)OOC(=O)CN. The van der Waals surface area contributed by atoms with Crippen LogP contribution in [0.4, 0.5) is 0 Å². The quantitative estimate of drug-likeness (QED) is 0.356. The minimum Gasteiger partial charge on any atom is -0.321 e. The highest BCUT2D eigenvalue weighted by Gasteiger charge is 2.07. The van der Waals surface area contributed by atoms with Crippen LogP contribution in [0.3, 0.4) is 0 Å². The second-order valence-corrected chi connectivity index (χ2v) is 4.69. The van der Waals surface area contributed by atoms with E-state index in [1.807, 2.05) is 0 Å². The van der Waals surface area contributed by atoms with Crippen molar-refractivity contribution >= 4 is 11.9 Å². The summed E-state index contributed by atoms with van der Waals surface area (Å²) in [7, 11) is 0. The third-order valence-electron chi connectivity index (χ3n) is 2.88. The average molecular weight is 273 g/mol. The zero-order chi connectivity index (χ0) is 14.3. The highest BCUT2D eigenvalue weighted by Crippen LogP contribution is 2.10. The van der Waals surface area contributed by atoms with Crippen LogP contribution < -0.4 is 5.73 Å². The summed E-state index contributed by atoms with van der Waals surface area (Å²) in [5.41, 5.74) is 4.99. The van der Waals surface area contributed by atoms with Gasteiger partial charge in [0.05, 0.1) is 13.0 Å². The Morgan fingerprint density at radius 3 is 1.79 bits per heavy atom. The molecule has 0 aromatic heterocycles. The van der Waals surface area contributed by atoms with Gasteiger partial charge in [-0.2, -0.15) is 0 Å². The molecule has 0 aliphatic heterocycles. The van der Waals surface area contributed by atoms with Crippen LogP contribution in [0.5, 0.6) is 0 Å². The van der Waals surface area contributed by atoms with Crippen molar-refractivity contribution in [3.8, 4) is 0 Å². The maximum Gasteiger partial charge on any atom is 0.368 e. The Labute approximate surface area is 115 Å². The van der Waals surface area contributed by atoms with Crippen molar-refractivity contribution in [2.75, 3.05) is 6.54 Å². The first kappa shape index (κ1) is 17.9. The van der Waals surface area contributed by atoms with Gasteiger partial charge in [0.15, 0.2) is 0 Å². The second kappa shape index (κ2) is 13.3. The van der Waals surface area contributed by atoms with Crippen molar-refractivity contribution in [1.82, 2.24) is 0 Å². The van der Waals surface area contributed by atoms with Gasteiger partial charge in [-0.3, -0.25) is 0 Å². The maximum atomic E-state index is 11.1. The Kier molecular flexibility index (Phi) is 12.6. The summed E-state index contributed by atoms with van der Waals surface area (Å²) in [5, 5.41) is 0. The van der Waals surface area contributed by atoms with Crippen LogP contribution in [0.15, 0.2) is 0 Å². The van der Waals surface area contributed by atoms with Gasteiger partial charge in [0.25, 0.3) is 0 Å². The number of rotatable bonds is 11. The summed E-state index contributed by atoms with van der Waals surface area (Å²) in [4.78, 5) is 30.2. The third-order valence-corrected chi connectivity index (χ3v) is 2.88. The van der Waals surface area contributed by atoms with E-state index in [1.165, 1.54) is 38.5 Å². The molecule has 2 N–H and O–H groups in total.